The van der Waals surface area contributed by atoms with E-state index in [2.05, 4.69) is 5.32 Å². The molecule has 1 saturated heterocycles. The first kappa shape index (κ1) is 22.9. The predicted octanol–water partition coefficient (Wildman–Crippen LogP) is 2.17. The Hall–Kier alpha value is -2.75. The summed E-state index contributed by atoms with van der Waals surface area (Å²) in [7, 11) is -4.50. The summed E-state index contributed by atoms with van der Waals surface area (Å²) in [6.45, 7) is 2.13. The van der Waals surface area contributed by atoms with Crippen LogP contribution in [-0.2, 0) is 25.5 Å². The van der Waals surface area contributed by atoms with Crippen LogP contribution >= 0.6 is 0 Å². The Morgan fingerprint density at radius 3 is 2.35 bits per heavy atom. The lowest BCUT2D eigenvalue weighted by Crippen LogP contribution is -2.57. The molecular formula is C22H28N2O6S. The molecule has 1 aliphatic heterocycles. The quantitative estimate of drug-likeness (QED) is 0.514. The number of aliphatic carboxylic acids is 1. The summed E-state index contributed by atoms with van der Waals surface area (Å²) in [5.74, 6) is -1.74. The normalized spacial score (nSPS) is 19.3. The van der Waals surface area contributed by atoms with Gasteiger partial charge in [0.15, 0.2) is 0 Å². The number of hydrogen-bond acceptors (Lipinski definition) is 4. The topological polar surface area (TPSA) is 127 Å². The Bertz CT molecular complexity index is 1030. The van der Waals surface area contributed by atoms with Crippen molar-refractivity contribution < 1.29 is 28.6 Å². The molecule has 0 aliphatic carbocycles. The third-order valence-corrected chi connectivity index (χ3v) is 8.51. The molecule has 0 spiro atoms. The summed E-state index contributed by atoms with van der Waals surface area (Å²) in [6, 6.07) is 10.6. The van der Waals surface area contributed by atoms with Crippen LogP contribution in [0.1, 0.15) is 24.0 Å². The van der Waals surface area contributed by atoms with Crippen LogP contribution in [0.3, 0.4) is 0 Å². The summed E-state index contributed by atoms with van der Waals surface area (Å²) >= 11 is 0. The number of carboxylic acid groups (broad SMARTS) is 1. The van der Waals surface area contributed by atoms with Crippen molar-refractivity contribution in [2.75, 3.05) is 12.8 Å². The number of nitrogens with one attached hydrogen (secondary N) is 1. The lowest BCUT2D eigenvalue weighted by molar-refractivity contribution is -0.142. The SMILES string of the molecule is Cc1ccc(S(C)(=O)(O)N2CCCC2C(=O)NC(Cc2ccc(O)cc2)C(=O)O)cc1. The largest absolute Gasteiger partial charge is 0.508 e. The number of aryl methyl sites for hydroxylation is 1. The maximum absolute atomic E-state index is 13.7. The van der Waals surface area contributed by atoms with E-state index in [9.17, 15) is 28.6 Å². The standard InChI is InChI=1S/C22H28N2O6S/c1-15-5-11-18(12-6-15)31(2,29,30)24-13-3-4-20(24)21(26)23-19(22(27)28)14-16-7-9-17(25)10-8-16/h5-12,19-20,25H,3-4,13-14H2,1-2H3,(H,23,26)(H,27,28)(H,29,30). The number of benzene rings is 2. The maximum atomic E-state index is 13.7. The molecule has 2 unspecified atom stereocenters. The van der Waals surface area contributed by atoms with E-state index in [0.717, 1.165) is 5.56 Å². The third kappa shape index (κ3) is 4.95. The average molecular weight is 449 g/mol. The zero-order chi connectivity index (χ0) is 22.8. The Labute approximate surface area is 181 Å². The van der Waals surface area contributed by atoms with Gasteiger partial charge in [-0.15, -0.1) is 9.53 Å². The highest BCUT2D eigenvalue weighted by Gasteiger charge is 2.44. The fraction of sp³-hybridized carbons (Fsp3) is 0.364. The summed E-state index contributed by atoms with van der Waals surface area (Å²) in [4.78, 5) is 25.0. The highest BCUT2D eigenvalue weighted by molar-refractivity contribution is 8.12. The van der Waals surface area contributed by atoms with E-state index in [-0.39, 0.29) is 23.6 Å². The van der Waals surface area contributed by atoms with Gasteiger partial charge in [0.2, 0.25) is 5.91 Å². The van der Waals surface area contributed by atoms with Crippen LogP contribution in [0.2, 0.25) is 0 Å². The summed E-state index contributed by atoms with van der Waals surface area (Å²) in [5.41, 5.74) is 1.58. The molecule has 0 aromatic heterocycles. The van der Waals surface area contributed by atoms with Gasteiger partial charge >= 0.3 is 5.97 Å². The molecule has 0 bridgehead atoms. The van der Waals surface area contributed by atoms with Gasteiger partial charge in [0.05, 0.1) is 4.90 Å². The molecule has 31 heavy (non-hydrogen) atoms. The van der Waals surface area contributed by atoms with Crippen molar-refractivity contribution in [1.29, 1.82) is 0 Å². The Balaban J connectivity index is 1.80. The first-order valence-corrected chi connectivity index (χ1v) is 12.3. The van der Waals surface area contributed by atoms with Crippen LogP contribution in [0.15, 0.2) is 53.4 Å². The van der Waals surface area contributed by atoms with E-state index >= 15 is 0 Å². The van der Waals surface area contributed by atoms with E-state index in [1.54, 1.807) is 36.4 Å². The molecule has 0 radical (unpaired) electrons. The van der Waals surface area contributed by atoms with Gasteiger partial charge in [-0.3, -0.25) is 9.35 Å². The highest BCUT2D eigenvalue weighted by atomic mass is 32.3. The van der Waals surface area contributed by atoms with Crippen molar-refractivity contribution in [2.24, 2.45) is 0 Å². The van der Waals surface area contributed by atoms with Crippen LogP contribution < -0.4 is 5.32 Å². The number of carbonyl (C=O) groups is 2. The van der Waals surface area contributed by atoms with E-state index in [1.165, 1.54) is 22.7 Å². The van der Waals surface area contributed by atoms with Crippen molar-refractivity contribution in [3.8, 4) is 5.75 Å². The molecular weight excluding hydrogens is 420 g/mol. The molecule has 2 aromatic rings. The van der Waals surface area contributed by atoms with E-state index in [0.29, 0.717) is 18.4 Å². The second-order valence-electron chi connectivity index (χ2n) is 8.11. The minimum Gasteiger partial charge on any atom is -0.508 e. The van der Waals surface area contributed by atoms with Gasteiger partial charge in [0.1, 0.15) is 17.8 Å². The maximum Gasteiger partial charge on any atom is 0.326 e. The van der Waals surface area contributed by atoms with E-state index < -0.39 is 33.5 Å². The number of aromatic hydroxyl groups is 1. The van der Waals surface area contributed by atoms with Crippen molar-refractivity contribution >= 4 is 21.4 Å². The van der Waals surface area contributed by atoms with E-state index in [1.807, 2.05) is 6.92 Å². The smallest absolute Gasteiger partial charge is 0.326 e. The molecule has 8 nitrogen and oxygen atoms in total. The fourth-order valence-corrected chi connectivity index (χ4v) is 6.23. The molecule has 4 N–H and O–H groups in total. The zero-order valence-electron chi connectivity index (χ0n) is 17.5. The van der Waals surface area contributed by atoms with Gasteiger partial charge in [-0.2, -0.15) is 8.51 Å². The van der Waals surface area contributed by atoms with Gasteiger partial charge in [-0.1, -0.05) is 29.8 Å². The number of nitrogens with zero attached hydrogens (tertiary/aromatic N) is 1. The van der Waals surface area contributed by atoms with Crippen LogP contribution in [0, 0.1) is 6.92 Å². The highest BCUT2D eigenvalue weighted by Crippen LogP contribution is 2.39. The molecule has 2 atom stereocenters. The number of amides is 1. The molecule has 2 aromatic carbocycles. The van der Waals surface area contributed by atoms with Crippen molar-refractivity contribution in [1.82, 2.24) is 9.62 Å². The lowest BCUT2D eigenvalue weighted by atomic mass is 10.1. The lowest BCUT2D eigenvalue weighted by Gasteiger charge is -2.49. The number of phenols is 1. The van der Waals surface area contributed by atoms with Crippen LogP contribution in [-0.4, -0.2) is 60.0 Å². The minimum atomic E-state index is -4.50. The monoisotopic (exact) mass is 448 g/mol. The molecule has 3 rings (SSSR count). The second-order valence-corrected chi connectivity index (χ2v) is 11.5. The molecule has 168 valence electrons. The average Bonchev–Trinajstić information content (AvgIpc) is 3.20. The predicted molar refractivity (Wildman–Crippen MR) is 117 cm³/mol. The summed E-state index contributed by atoms with van der Waals surface area (Å²) in [6.07, 6.45) is 2.16. The molecule has 1 aliphatic rings. The molecule has 1 amide bonds. The molecule has 0 saturated carbocycles. The number of phenolic OH excluding ortho intramolecular Hbond substituents is 1. The van der Waals surface area contributed by atoms with Crippen LogP contribution in [0.25, 0.3) is 0 Å². The van der Waals surface area contributed by atoms with Crippen LogP contribution in [0.4, 0.5) is 0 Å². The molecule has 1 fully saturated rings. The van der Waals surface area contributed by atoms with Gasteiger partial charge in [0.25, 0.3) is 0 Å². The Kier molecular flexibility index (Phi) is 6.22. The van der Waals surface area contributed by atoms with Crippen molar-refractivity contribution in [2.45, 2.75) is 43.2 Å². The Morgan fingerprint density at radius 2 is 1.77 bits per heavy atom. The summed E-state index contributed by atoms with van der Waals surface area (Å²) < 4.78 is 26.2. The molecule has 1 heterocycles. The zero-order valence-corrected chi connectivity index (χ0v) is 18.3. The van der Waals surface area contributed by atoms with Crippen LogP contribution in [0.5, 0.6) is 5.75 Å². The number of carbonyl (C=O) groups excluding carboxylic acids is 1. The second kappa shape index (κ2) is 8.41. The first-order chi connectivity index (χ1) is 14.5. The first-order valence-electron chi connectivity index (χ1n) is 10.0. The Morgan fingerprint density at radius 1 is 1.16 bits per heavy atom. The van der Waals surface area contributed by atoms with Gasteiger partial charge in [-0.05, 0) is 49.6 Å². The number of rotatable bonds is 7. The summed E-state index contributed by atoms with van der Waals surface area (Å²) in [5, 5.41) is 21.5. The van der Waals surface area contributed by atoms with Gasteiger partial charge < -0.3 is 15.5 Å². The van der Waals surface area contributed by atoms with Gasteiger partial charge in [0, 0.05) is 19.2 Å². The number of hydrogen-bond donors (Lipinski definition) is 4. The molecule has 9 heteroatoms. The fourth-order valence-electron chi connectivity index (χ4n) is 3.84. The number of carboxylic acids is 1. The van der Waals surface area contributed by atoms with Crippen molar-refractivity contribution in [3.63, 3.8) is 0 Å². The third-order valence-electron chi connectivity index (χ3n) is 5.61. The minimum absolute atomic E-state index is 0.0242. The van der Waals surface area contributed by atoms with Crippen molar-refractivity contribution in [3.05, 3.63) is 59.7 Å². The van der Waals surface area contributed by atoms with Gasteiger partial charge in [-0.25, -0.2) is 4.79 Å². The van der Waals surface area contributed by atoms with E-state index in [4.69, 9.17) is 0 Å².